The van der Waals surface area contributed by atoms with E-state index in [-0.39, 0.29) is 31.1 Å². The van der Waals surface area contributed by atoms with Gasteiger partial charge in [0.15, 0.2) is 6.10 Å². The molecule has 0 aliphatic heterocycles. The van der Waals surface area contributed by atoms with Gasteiger partial charge in [0.05, 0.1) is 0 Å². The number of hydrogen-bond acceptors (Lipinski definition) is 6. The minimum absolute atomic E-state index is 0.0990. The monoisotopic (exact) mass is 1000 g/mol. The molecule has 0 bridgehead atoms. The highest BCUT2D eigenvalue weighted by Crippen LogP contribution is 2.16. The average Bonchev–Trinajstić information content (AvgIpc) is 3.38. The molecule has 0 amide bonds. The van der Waals surface area contributed by atoms with Crippen LogP contribution in [0.2, 0.25) is 0 Å². The Labute approximate surface area is 445 Å². The van der Waals surface area contributed by atoms with Gasteiger partial charge >= 0.3 is 17.9 Å². The second kappa shape index (κ2) is 60.1. The molecule has 0 saturated heterocycles. The molecule has 6 heteroatoms. The summed E-state index contributed by atoms with van der Waals surface area (Å²) in [5, 5.41) is 0. The van der Waals surface area contributed by atoms with Gasteiger partial charge in [-0.1, -0.05) is 273 Å². The van der Waals surface area contributed by atoms with Crippen molar-refractivity contribution in [2.24, 2.45) is 0 Å². The number of carbonyl (C=O) groups is 3. The predicted octanol–water partition coefficient (Wildman–Crippen LogP) is 20.7. The highest BCUT2D eigenvalue weighted by atomic mass is 16.6. The van der Waals surface area contributed by atoms with E-state index in [1.54, 1.807) is 0 Å². The van der Waals surface area contributed by atoms with E-state index in [2.05, 4.69) is 106 Å². The topological polar surface area (TPSA) is 78.9 Å². The van der Waals surface area contributed by atoms with Crippen LogP contribution in [-0.2, 0) is 28.6 Å². The van der Waals surface area contributed by atoms with Gasteiger partial charge in [-0.2, -0.15) is 0 Å². The second-order valence-corrected chi connectivity index (χ2v) is 20.3. The normalized spacial score (nSPS) is 12.7. The molecule has 0 aromatic carbocycles. The highest BCUT2D eigenvalue weighted by Gasteiger charge is 2.19. The molecule has 0 spiro atoms. The maximum atomic E-state index is 12.9. The van der Waals surface area contributed by atoms with Crippen molar-refractivity contribution >= 4 is 17.9 Å². The zero-order chi connectivity index (χ0) is 52.2. The Bertz CT molecular complexity index is 1380. The van der Waals surface area contributed by atoms with Gasteiger partial charge in [0.25, 0.3) is 0 Å². The standard InChI is InChI=1S/C66H114O6/c1-4-7-10-13-16-19-22-25-28-31-33-35-38-41-44-47-50-53-56-59-65(68)71-62-63(61-70-64(67)58-55-52-49-46-43-40-37-30-27-24-21-18-15-12-9-6-3)72-66(69)60-57-54-51-48-45-42-39-36-34-32-29-26-23-20-17-14-11-8-5-2/h7,10,16,19,25,28,30,33,35,37,40-41,43-44,63H,4-6,8-9,11-15,17-18,20-24,26-27,29,31-32,34,36,38-39,42,45-62H2,1-3H3/b10-7-,19-16-,28-25-,35-33-,37-30-,43-40-,44-41-. The van der Waals surface area contributed by atoms with Crippen molar-refractivity contribution in [3.8, 4) is 0 Å². The summed E-state index contributed by atoms with van der Waals surface area (Å²) in [6.45, 7) is 6.50. The van der Waals surface area contributed by atoms with Gasteiger partial charge in [-0.15, -0.1) is 0 Å². The molecular weight excluding hydrogens is 889 g/mol. The lowest BCUT2D eigenvalue weighted by atomic mass is 10.0. The Morgan fingerprint density at radius 3 is 0.944 bits per heavy atom. The molecule has 6 nitrogen and oxygen atoms in total. The van der Waals surface area contributed by atoms with E-state index in [1.165, 1.54) is 148 Å². The molecule has 0 aromatic rings. The number of ether oxygens (including phenoxy) is 3. The Balaban J connectivity index is 4.46. The van der Waals surface area contributed by atoms with Gasteiger partial charge in [-0.25, -0.2) is 0 Å². The van der Waals surface area contributed by atoms with Crippen LogP contribution in [-0.4, -0.2) is 37.2 Å². The summed E-state index contributed by atoms with van der Waals surface area (Å²) in [5.74, 6) is -0.943. The smallest absolute Gasteiger partial charge is 0.306 e. The van der Waals surface area contributed by atoms with Gasteiger partial charge in [-0.3, -0.25) is 14.4 Å². The molecule has 0 aromatic heterocycles. The summed E-state index contributed by atoms with van der Waals surface area (Å²) in [7, 11) is 0. The minimum Gasteiger partial charge on any atom is -0.462 e. The molecule has 0 saturated carbocycles. The van der Waals surface area contributed by atoms with E-state index >= 15 is 0 Å². The van der Waals surface area contributed by atoms with Crippen LogP contribution in [0.25, 0.3) is 0 Å². The Morgan fingerprint density at radius 1 is 0.306 bits per heavy atom. The van der Waals surface area contributed by atoms with Crippen molar-refractivity contribution in [2.45, 2.75) is 303 Å². The lowest BCUT2D eigenvalue weighted by Crippen LogP contribution is -2.30. The Morgan fingerprint density at radius 2 is 0.583 bits per heavy atom. The van der Waals surface area contributed by atoms with Crippen molar-refractivity contribution in [1.29, 1.82) is 0 Å². The second-order valence-electron chi connectivity index (χ2n) is 20.3. The lowest BCUT2D eigenvalue weighted by Gasteiger charge is -2.18. The third kappa shape index (κ3) is 57.5. The fraction of sp³-hybridized carbons (Fsp3) is 0.742. The van der Waals surface area contributed by atoms with Crippen LogP contribution in [0.3, 0.4) is 0 Å². The SMILES string of the molecule is CC/C=C\C/C=C\C/C=C\C/C=C\C/C=C\CCCCCC(=O)OCC(COC(=O)CCCCC/C=C\C=C/CCCCCCCCC)OC(=O)CCCCCCCCCCCCCCCCCCCCC. The summed E-state index contributed by atoms with van der Waals surface area (Å²) in [6.07, 6.45) is 78.7. The van der Waals surface area contributed by atoms with Crippen LogP contribution in [0.4, 0.5) is 0 Å². The molecular formula is C66H114O6. The molecule has 0 N–H and O–H groups in total. The Hall–Kier alpha value is -3.41. The van der Waals surface area contributed by atoms with E-state index in [0.29, 0.717) is 19.3 Å². The lowest BCUT2D eigenvalue weighted by molar-refractivity contribution is -0.167. The fourth-order valence-corrected chi connectivity index (χ4v) is 8.58. The van der Waals surface area contributed by atoms with Crippen LogP contribution < -0.4 is 0 Å². The quantitative estimate of drug-likeness (QED) is 0.0199. The van der Waals surface area contributed by atoms with Crippen LogP contribution in [0, 0.1) is 0 Å². The van der Waals surface area contributed by atoms with Crippen molar-refractivity contribution in [2.75, 3.05) is 13.2 Å². The summed E-state index contributed by atoms with van der Waals surface area (Å²) >= 11 is 0. The maximum absolute atomic E-state index is 12.9. The molecule has 1 unspecified atom stereocenters. The van der Waals surface area contributed by atoms with E-state index < -0.39 is 6.10 Å². The zero-order valence-corrected chi connectivity index (χ0v) is 47.4. The molecule has 0 radical (unpaired) electrons. The van der Waals surface area contributed by atoms with Crippen LogP contribution in [0.1, 0.15) is 297 Å². The van der Waals surface area contributed by atoms with Crippen LogP contribution in [0.15, 0.2) is 85.1 Å². The number of allylic oxidation sites excluding steroid dienone is 14. The minimum atomic E-state index is -0.801. The first-order chi connectivity index (χ1) is 35.5. The third-order valence-corrected chi connectivity index (χ3v) is 13.2. The van der Waals surface area contributed by atoms with Crippen molar-refractivity contribution < 1.29 is 28.6 Å². The van der Waals surface area contributed by atoms with Crippen molar-refractivity contribution in [3.05, 3.63) is 85.1 Å². The molecule has 0 aliphatic carbocycles. The van der Waals surface area contributed by atoms with E-state index in [9.17, 15) is 14.4 Å². The van der Waals surface area contributed by atoms with E-state index in [1.807, 2.05) is 0 Å². The van der Waals surface area contributed by atoms with Crippen molar-refractivity contribution in [1.82, 2.24) is 0 Å². The number of unbranched alkanes of at least 4 members (excludes halogenated alkanes) is 31. The molecule has 1 atom stereocenters. The maximum Gasteiger partial charge on any atom is 0.306 e. The van der Waals surface area contributed by atoms with Gasteiger partial charge in [0.2, 0.25) is 0 Å². The van der Waals surface area contributed by atoms with Crippen LogP contribution in [0.5, 0.6) is 0 Å². The van der Waals surface area contributed by atoms with E-state index in [4.69, 9.17) is 14.2 Å². The third-order valence-electron chi connectivity index (χ3n) is 13.2. The number of hydrogen-bond donors (Lipinski definition) is 0. The van der Waals surface area contributed by atoms with Gasteiger partial charge in [-0.05, 0) is 89.9 Å². The molecule has 0 rings (SSSR count). The van der Waals surface area contributed by atoms with Crippen LogP contribution >= 0.6 is 0 Å². The number of esters is 3. The molecule has 0 aliphatic rings. The first-order valence-corrected chi connectivity index (χ1v) is 30.6. The number of rotatable bonds is 55. The Kier molecular flexibility index (Phi) is 57.3. The first-order valence-electron chi connectivity index (χ1n) is 30.6. The number of carbonyl (C=O) groups excluding carboxylic acids is 3. The van der Waals surface area contributed by atoms with Gasteiger partial charge in [0.1, 0.15) is 13.2 Å². The van der Waals surface area contributed by atoms with E-state index in [0.717, 1.165) is 109 Å². The summed E-state index contributed by atoms with van der Waals surface area (Å²) in [6, 6.07) is 0. The summed E-state index contributed by atoms with van der Waals surface area (Å²) in [4.78, 5) is 38.2. The first kappa shape index (κ1) is 68.6. The predicted molar refractivity (Wildman–Crippen MR) is 311 cm³/mol. The molecule has 0 fully saturated rings. The van der Waals surface area contributed by atoms with Gasteiger partial charge in [0, 0.05) is 19.3 Å². The average molecular weight is 1000 g/mol. The largest absolute Gasteiger partial charge is 0.462 e. The zero-order valence-electron chi connectivity index (χ0n) is 47.4. The summed E-state index contributed by atoms with van der Waals surface area (Å²) in [5.41, 5.74) is 0. The fourth-order valence-electron chi connectivity index (χ4n) is 8.58. The molecule has 0 heterocycles. The molecule has 72 heavy (non-hydrogen) atoms. The summed E-state index contributed by atoms with van der Waals surface area (Å²) < 4.78 is 16.9. The molecule has 414 valence electrons. The van der Waals surface area contributed by atoms with Crippen molar-refractivity contribution in [3.63, 3.8) is 0 Å². The van der Waals surface area contributed by atoms with Gasteiger partial charge < -0.3 is 14.2 Å². The highest BCUT2D eigenvalue weighted by molar-refractivity contribution is 5.71.